The Bertz CT molecular complexity index is 636. The van der Waals surface area contributed by atoms with Gasteiger partial charge in [0.1, 0.15) is 11.5 Å². The van der Waals surface area contributed by atoms with Crippen molar-refractivity contribution in [2.24, 2.45) is 5.73 Å². The number of fused-ring (bicyclic) bond motifs is 1. The van der Waals surface area contributed by atoms with Crippen LogP contribution < -0.4 is 16.0 Å². The van der Waals surface area contributed by atoms with Crippen LogP contribution in [0.5, 0.6) is 0 Å². The van der Waals surface area contributed by atoms with Gasteiger partial charge in [0.15, 0.2) is 0 Å². The Morgan fingerprint density at radius 3 is 2.85 bits per heavy atom. The number of nitrogens with one attached hydrogen (secondary N) is 1. The van der Waals surface area contributed by atoms with Crippen molar-refractivity contribution in [2.45, 2.75) is 13.0 Å². The number of aryl methyl sites for hydroxylation is 1. The van der Waals surface area contributed by atoms with Gasteiger partial charge in [-0.3, -0.25) is 4.79 Å². The molecule has 20 heavy (non-hydrogen) atoms. The van der Waals surface area contributed by atoms with Crippen molar-refractivity contribution in [3.63, 3.8) is 0 Å². The lowest BCUT2D eigenvalue weighted by molar-refractivity contribution is -0.115. The van der Waals surface area contributed by atoms with Gasteiger partial charge in [0.05, 0.1) is 24.0 Å². The maximum absolute atomic E-state index is 11.9. The molecular formula is C15H17N3O2. The Morgan fingerprint density at radius 2 is 2.15 bits per heavy atom. The van der Waals surface area contributed by atoms with E-state index in [1.54, 1.807) is 0 Å². The summed E-state index contributed by atoms with van der Waals surface area (Å²) in [6, 6.07) is 11.4. The van der Waals surface area contributed by atoms with Gasteiger partial charge in [-0.05, 0) is 31.2 Å². The zero-order valence-electron chi connectivity index (χ0n) is 11.3. The summed E-state index contributed by atoms with van der Waals surface area (Å²) in [5.41, 5.74) is 7.69. The summed E-state index contributed by atoms with van der Waals surface area (Å²) in [6.45, 7) is 2.56. The van der Waals surface area contributed by atoms with Crippen molar-refractivity contribution in [2.75, 3.05) is 23.3 Å². The third-order valence-corrected chi connectivity index (χ3v) is 3.49. The normalized spacial score (nSPS) is 15.7. The number of carbonyl (C=O) groups is 1. The number of nitrogens with zero attached hydrogens (tertiary/aromatic N) is 1. The predicted molar refractivity (Wildman–Crippen MR) is 77.7 cm³/mol. The van der Waals surface area contributed by atoms with Crippen LogP contribution in [0, 0.1) is 6.92 Å². The van der Waals surface area contributed by atoms with E-state index in [4.69, 9.17) is 10.2 Å². The summed E-state index contributed by atoms with van der Waals surface area (Å²) < 4.78 is 5.69. The highest BCUT2D eigenvalue weighted by atomic mass is 16.3. The number of para-hydroxylation sites is 2. The highest BCUT2D eigenvalue weighted by molar-refractivity contribution is 6.01. The molecule has 1 unspecified atom stereocenters. The monoisotopic (exact) mass is 271 g/mol. The molecule has 0 radical (unpaired) electrons. The number of benzene rings is 1. The van der Waals surface area contributed by atoms with Crippen molar-refractivity contribution < 1.29 is 9.21 Å². The van der Waals surface area contributed by atoms with E-state index < -0.39 is 0 Å². The minimum atomic E-state index is -0.143. The Hall–Kier alpha value is -2.27. The van der Waals surface area contributed by atoms with Gasteiger partial charge in [-0.2, -0.15) is 0 Å². The third kappa shape index (κ3) is 2.16. The van der Waals surface area contributed by atoms with E-state index in [0.717, 1.165) is 22.9 Å². The quantitative estimate of drug-likeness (QED) is 0.896. The van der Waals surface area contributed by atoms with Crippen molar-refractivity contribution in [3.8, 4) is 0 Å². The summed E-state index contributed by atoms with van der Waals surface area (Å²) in [4.78, 5) is 13.9. The number of anilines is 2. The summed E-state index contributed by atoms with van der Waals surface area (Å²) in [5, 5.41) is 2.87. The molecule has 2 aromatic rings. The summed E-state index contributed by atoms with van der Waals surface area (Å²) in [5.74, 6) is 1.59. The van der Waals surface area contributed by atoms with Crippen LogP contribution in [0.4, 0.5) is 11.4 Å². The fourth-order valence-corrected chi connectivity index (χ4v) is 2.57. The fraction of sp³-hybridized carbons (Fsp3) is 0.267. The standard InChI is InChI=1S/C15H17N3O2/c1-10-6-7-14(20-10)13(8-16)18-9-15(19)17-11-4-2-3-5-12(11)18/h2-7,13H,8-9,16H2,1H3,(H,17,19). The maximum atomic E-state index is 11.9. The first-order chi connectivity index (χ1) is 9.69. The second kappa shape index (κ2) is 5.02. The summed E-state index contributed by atoms with van der Waals surface area (Å²) >= 11 is 0. The van der Waals surface area contributed by atoms with Gasteiger partial charge in [0.25, 0.3) is 0 Å². The fourth-order valence-electron chi connectivity index (χ4n) is 2.57. The third-order valence-electron chi connectivity index (χ3n) is 3.49. The van der Waals surface area contributed by atoms with Crippen molar-refractivity contribution in [1.29, 1.82) is 0 Å². The van der Waals surface area contributed by atoms with E-state index in [1.807, 2.05) is 48.2 Å². The van der Waals surface area contributed by atoms with Crippen LogP contribution in [0.3, 0.4) is 0 Å². The predicted octanol–water partition coefficient (Wildman–Crippen LogP) is 2.05. The zero-order chi connectivity index (χ0) is 14.1. The highest BCUT2D eigenvalue weighted by Gasteiger charge is 2.29. The SMILES string of the molecule is Cc1ccc(C(CN)N2CC(=O)Nc3ccccc32)o1. The van der Waals surface area contributed by atoms with Crippen LogP contribution in [0.2, 0.25) is 0 Å². The number of hydrogen-bond acceptors (Lipinski definition) is 4. The van der Waals surface area contributed by atoms with Crippen LogP contribution in [0.1, 0.15) is 17.6 Å². The molecule has 1 aromatic carbocycles. The molecule has 0 fully saturated rings. The van der Waals surface area contributed by atoms with Gasteiger partial charge in [-0.15, -0.1) is 0 Å². The molecule has 104 valence electrons. The Balaban J connectivity index is 2.02. The van der Waals surface area contributed by atoms with Gasteiger partial charge >= 0.3 is 0 Å². The molecule has 5 heteroatoms. The van der Waals surface area contributed by atoms with Gasteiger partial charge in [-0.25, -0.2) is 0 Å². The van der Waals surface area contributed by atoms with E-state index in [1.165, 1.54) is 0 Å². The first-order valence-corrected chi connectivity index (χ1v) is 6.61. The smallest absolute Gasteiger partial charge is 0.243 e. The lowest BCUT2D eigenvalue weighted by Gasteiger charge is -2.35. The summed E-state index contributed by atoms with van der Waals surface area (Å²) in [7, 11) is 0. The zero-order valence-corrected chi connectivity index (χ0v) is 11.3. The second-order valence-corrected chi connectivity index (χ2v) is 4.89. The van der Waals surface area contributed by atoms with Crippen molar-refractivity contribution in [3.05, 3.63) is 47.9 Å². The number of furan rings is 1. The lowest BCUT2D eigenvalue weighted by Crippen LogP contribution is -2.42. The average molecular weight is 271 g/mol. The van der Waals surface area contributed by atoms with Crippen LogP contribution >= 0.6 is 0 Å². The van der Waals surface area contributed by atoms with E-state index >= 15 is 0 Å². The lowest BCUT2D eigenvalue weighted by atomic mass is 10.1. The number of nitrogens with two attached hydrogens (primary N) is 1. The van der Waals surface area contributed by atoms with Gasteiger partial charge in [0, 0.05) is 6.54 Å². The van der Waals surface area contributed by atoms with Gasteiger partial charge < -0.3 is 20.4 Å². The van der Waals surface area contributed by atoms with Crippen molar-refractivity contribution in [1.82, 2.24) is 0 Å². The molecular weight excluding hydrogens is 254 g/mol. The Labute approximate surface area is 117 Å². The first-order valence-electron chi connectivity index (χ1n) is 6.61. The minimum absolute atomic E-state index is 0.0366. The molecule has 1 amide bonds. The molecule has 1 aliphatic rings. The topological polar surface area (TPSA) is 71.5 Å². The molecule has 5 nitrogen and oxygen atoms in total. The molecule has 2 heterocycles. The van der Waals surface area contributed by atoms with Gasteiger partial charge in [-0.1, -0.05) is 12.1 Å². The number of rotatable bonds is 3. The molecule has 0 saturated carbocycles. The van der Waals surface area contributed by atoms with E-state index in [2.05, 4.69) is 5.32 Å². The molecule has 1 aliphatic heterocycles. The van der Waals surface area contributed by atoms with Crippen LogP contribution in [-0.2, 0) is 4.79 Å². The van der Waals surface area contributed by atoms with E-state index in [-0.39, 0.29) is 18.5 Å². The number of carbonyl (C=O) groups excluding carboxylic acids is 1. The molecule has 0 saturated heterocycles. The minimum Gasteiger partial charge on any atom is -0.464 e. The molecule has 0 spiro atoms. The largest absolute Gasteiger partial charge is 0.464 e. The Morgan fingerprint density at radius 1 is 1.35 bits per heavy atom. The molecule has 1 atom stereocenters. The molecule has 3 rings (SSSR count). The highest BCUT2D eigenvalue weighted by Crippen LogP contribution is 2.35. The summed E-state index contributed by atoms with van der Waals surface area (Å²) in [6.07, 6.45) is 0. The van der Waals surface area contributed by atoms with Crippen LogP contribution in [-0.4, -0.2) is 19.0 Å². The van der Waals surface area contributed by atoms with Crippen LogP contribution in [0.25, 0.3) is 0 Å². The second-order valence-electron chi connectivity index (χ2n) is 4.89. The molecule has 0 bridgehead atoms. The number of amides is 1. The van der Waals surface area contributed by atoms with E-state index in [0.29, 0.717) is 6.54 Å². The maximum Gasteiger partial charge on any atom is 0.243 e. The molecule has 0 aliphatic carbocycles. The van der Waals surface area contributed by atoms with Crippen molar-refractivity contribution >= 4 is 17.3 Å². The first kappa shape index (κ1) is 12.7. The van der Waals surface area contributed by atoms with Crippen LogP contribution in [0.15, 0.2) is 40.8 Å². The molecule has 3 N–H and O–H groups in total. The Kier molecular flexibility index (Phi) is 3.20. The van der Waals surface area contributed by atoms with Gasteiger partial charge in [0.2, 0.25) is 5.91 Å². The average Bonchev–Trinajstić information content (AvgIpc) is 2.86. The number of hydrogen-bond donors (Lipinski definition) is 2. The molecule has 1 aromatic heterocycles. The van der Waals surface area contributed by atoms with E-state index in [9.17, 15) is 4.79 Å².